The van der Waals surface area contributed by atoms with E-state index in [9.17, 15) is 4.79 Å². The summed E-state index contributed by atoms with van der Waals surface area (Å²) in [6.45, 7) is 0. The molecule has 1 aromatic carbocycles. The van der Waals surface area contributed by atoms with Crippen molar-refractivity contribution in [3.8, 4) is 0 Å². The minimum atomic E-state index is -0.806. The molecule has 1 rings (SSSR count). The van der Waals surface area contributed by atoms with Gasteiger partial charge in [0.15, 0.2) is 0 Å². The molecular weight excluding hydrogens is 186 g/mol. The van der Waals surface area contributed by atoms with Crippen LogP contribution in [0.1, 0.15) is 5.56 Å². The summed E-state index contributed by atoms with van der Waals surface area (Å²) < 4.78 is 0. The fraction of sp³-hybridized carbons (Fsp3) is 0.222. The van der Waals surface area contributed by atoms with Crippen molar-refractivity contribution in [3.63, 3.8) is 0 Å². The first-order valence-electron chi connectivity index (χ1n) is 3.86. The van der Waals surface area contributed by atoms with Gasteiger partial charge in [0.1, 0.15) is 0 Å². The third-order valence-corrected chi connectivity index (χ3v) is 2.30. The highest BCUT2D eigenvalue weighted by atomic mass is 32.2. The summed E-state index contributed by atoms with van der Waals surface area (Å²) in [4.78, 5) is 11.4. The Kier molecular flexibility index (Phi) is 3.79. The third-order valence-electron chi connectivity index (χ3n) is 1.53. The van der Waals surface area contributed by atoms with Gasteiger partial charge >= 0.3 is 5.97 Å². The molecule has 4 heteroatoms. The minimum absolute atomic E-state index is 0.0770. The van der Waals surface area contributed by atoms with Gasteiger partial charge in [-0.3, -0.25) is 4.79 Å². The molecule has 0 amide bonds. The Morgan fingerprint density at radius 1 is 1.38 bits per heavy atom. The molecule has 0 aliphatic carbocycles. The summed E-state index contributed by atoms with van der Waals surface area (Å²) in [6, 6.07) is 7.39. The number of carboxylic acid groups (broad SMARTS) is 1. The smallest absolute Gasteiger partial charge is 0.307 e. The molecule has 0 saturated heterocycles. The second-order valence-corrected chi connectivity index (χ2v) is 3.62. The Balaban J connectivity index is 2.64. The van der Waals surface area contributed by atoms with Gasteiger partial charge < -0.3 is 10.8 Å². The Bertz CT molecular complexity index is 284. The summed E-state index contributed by atoms with van der Waals surface area (Å²) >= 11 is 1.53. The quantitative estimate of drug-likeness (QED) is 0.564. The van der Waals surface area contributed by atoms with E-state index in [1.807, 2.05) is 24.3 Å². The first kappa shape index (κ1) is 10.1. The van der Waals surface area contributed by atoms with Gasteiger partial charge in [-0.25, -0.2) is 0 Å². The number of hydrogen-bond donors (Lipinski definition) is 2. The van der Waals surface area contributed by atoms with Crippen LogP contribution < -0.4 is 5.73 Å². The maximum atomic E-state index is 10.4. The first-order valence-corrected chi connectivity index (χ1v) is 4.84. The summed E-state index contributed by atoms with van der Waals surface area (Å²) in [5, 5.41) is 8.51. The fourth-order valence-electron chi connectivity index (χ4n) is 0.974. The zero-order chi connectivity index (χ0) is 9.68. The van der Waals surface area contributed by atoms with Gasteiger partial charge in [-0.2, -0.15) is 0 Å². The number of rotatable bonds is 4. The zero-order valence-corrected chi connectivity index (χ0v) is 7.88. The van der Waals surface area contributed by atoms with Gasteiger partial charge in [0.25, 0.3) is 0 Å². The van der Waals surface area contributed by atoms with E-state index in [0.29, 0.717) is 5.88 Å². The minimum Gasteiger partial charge on any atom is -0.481 e. The normalized spacial score (nSPS) is 9.92. The Morgan fingerprint density at radius 3 is 2.46 bits per heavy atom. The van der Waals surface area contributed by atoms with Crippen molar-refractivity contribution in [2.75, 3.05) is 5.88 Å². The van der Waals surface area contributed by atoms with Crippen LogP contribution in [0.2, 0.25) is 0 Å². The van der Waals surface area contributed by atoms with Crippen LogP contribution in [0.25, 0.3) is 0 Å². The molecule has 1 aromatic rings. The third kappa shape index (κ3) is 3.48. The number of nitrogens with two attached hydrogens (primary N) is 1. The molecule has 0 unspecified atom stereocenters. The second kappa shape index (κ2) is 4.89. The average Bonchev–Trinajstić information content (AvgIpc) is 2.08. The van der Waals surface area contributed by atoms with Crippen LogP contribution in [0.15, 0.2) is 29.2 Å². The number of carbonyl (C=O) groups is 1. The van der Waals surface area contributed by atoms with Gasteiger partial charge in [0, 0.05) is 10.8 Å². The Morgan fingerprint density at radius 2 is 2.00 bits per heavy atom. The van der Waals surface area contributed by atoms with Crippen molar-refractivity contribution >= 4 is 17.7 Å². The number of benzene rings is 1. The molecule has 0 aromatic heterocycles. The van der Waals surface area contributed by atoms with Crippen LogP contribution in [-0.2, 0) is 11.2 Å². The van der Waals surface area contributed by atoms with Crippen molar-refractivity contribution < 1.29 is 9.90 Å². The predicted octanol–water partition coefficient (Wildman–Crippen LogP) is 1.32. The van der Waals surface area contributed by atoms with Crippen LogP contribution in [0.4, 0.5) is 0 Å². The monoisotopic (exact) mass is 197 g/mol. The topological polar surface area (TPSA) is 63.3 Å². The summed E-state index contributed by atoms with van der Waals surface area (Å²) in [7, 11) is 0. The second-order valence-electron chi connectivity index (χ2n) is 2.53. The molecule has 0 spiro atoms. The van der Waals surface area contributed by atoms with E-state index in [1.165, 1.54) is 11.8 Å². The van der Waals surface area contributed by atoms with Crippen LogP contribution in [0.5, 0.6) is 0 Å². The molecule has 0 radical (unpaired) electrons. The van der Waals surface area contributed by atoms with E-state index in [0.717, 1.165) is 10.5 Å². The largest absolute Gasteiger partial charge is 0.481 e. The van der Waals surface area contributed by atoms with Gasteiger partial charge in [0.2, 0.25) is 0 Å². The van der Waals surface area contributed by atoms with Crippen molar-refractivity contribution in [3.05, 3.63) is 29.8 Å². The fourth-order valence-corrected chi connectivity index (χ4v) is 1.50. The lowest BCUT2D eigenvalue weighted by Gasteiger charge is -1.99. The van der Waals surface area contributed by atoms with Crippen LogP contribution in [0.3, 0.4) is 0 Å². The summed E-state index contributed by atoms with van der Waals surface area (Å²) in [5.74, 6) is -0.266. The molecule has 0 saturated carbocycles. The number of aliphatic carboxylic acids is 1. The van der Waals surface area contributed by atoms with Gasteiger partial charge in [-0.05, 0) is 17.7 Å². The van der Waals surface area contributed by atoms with Crippen molar-refractivity contribution in [1.82, 2.24) is 0 Å². The van der Waals surface area contributed by atoms with E-state index in [4.69, 9.17) is 10.8 Å². The van der Waals surface area contributed by atoms with Crippen molar-refractivity contribution in [1.29, 1.82) is 0 Å². The number of carboxylic acids is 1. The van der Waals surface area contributed by atoms with E-state index >= 15 is 0 Å². The maximum Gasteiger partial charge on any atom is 0.307 e. The molecule has 0 heterocycles. The molecule has 0 aliphatic rings. The average molecular weight is 197 g/mol. The van der Waals surface area contributed by atoms with Gasteiger partial charge in [0.05, 0.1) is 6.42 Å². The predicted molar refractivity (Wildman–Crippen MR) is 52.7 cm³/mol. The molecule has 0 fully saturated rings. The van der Waals surface area contributed by atoms with Crippen LogP contribution >= 0.6 is 11.8 Å². The first-order chi connectivity index (χ1) is 6.22. The summed E-state index contributed by atoms with van der Waals surface area (Å²) in [5.41, 5.74) is 6.16. The molecule has 0 aliphatic heterocycles. The lowest BCUT2D eigenvalue weighted by molar-refractivity contribution is -0.136. The lowest BCUT2D eigenvalue weighted by Crippen LogP contribution is -1.99. The Hall–Kier alpha value is -1.00. The molecule has 3 nitrogen and oxygen atoms in total. The summed E-state index contributed by atoms with van der Waals surface area (Å²) in [6.07, 6.45) is 0.0770. The highest BCUT2D eigenvalue weighted by Crippen LogP contribution is 2.16. The van der Waals surface area contributed by atoms with Crippen LogP contribution in [-0.4, -0.2) is 17.0 Å². The van der Waals surface area contributed by atoms with E-state index in [1.54, 1.807) is 0 Å². The number of hydrogen-bond acceptors (Lipinski definition) is 3. The molecule has 70 valence electrons. The molecule has 0 atom stereocenters. The molecule has 13 heavy (non-hydrogen) atoms. The van der Waals surface area contributed by atoms with Gasteiger partial charge in [-0.15, -0.1) is 11.8 Å². The highest BCUT2D eigenvalue weighted by molar-refractivity contribution is 7.99. The lowest BCUT2D eigenvalue weighted by atomic mass is 10.2. The van der Waals surface area contributed by atoms with Crippen molar-refractivity contribution in [2.24, 2.45) is 5.73 Å². The van der Waals surface area contributed by atoms with Gasteiger partial charge in [-0.1, -0.05) is 12.1 Å². The molecule has 0 bridgehead atoms. The van der Waals surface area contributed by atoms with E-state index in [2.05, 4.69) is 0 Å². The van der Waals surface area contributed by atoms with E-state index < -0.39 is 5.97 Å². The maximum absolute atomic E-state index is 10.4. The zero-order valence-electron chi connectivity index (χ0n) is 7.06. The SMILES string of the molecule is NCSc1ccc(CC(=O)O)cc1. The van der Waals surface area contributed by atoms with Crippen molar-refractivity contribution in [2.45, 2.75) is 11.3 Å². The standard InChI is InChI=1S/C9H11NO2S/c10-6-13-8-3-1-7(2-4-8)5-9(11)12/h1-4H,5-6,10H2,(H,11,12). The van der Waals surface area contributed by atoms with Crippen LogP contribution in [0, 0.1) is 0 Å². The molecular formula is C9H11NO2S. The molecule has 3 N–H and O–H groups in total. The Labute approximate surface area is 80.9 Å². The highest BCUT2D eigenvalue weighted by Gasteiger charge is 1.99. The number of thioether (sulfide) groups is 1. The van der Waals surface area contributed by atoms with E-state index in [-0.39, 0.29) is 6.42 Å².